The number of thiocarbonyl (C=S) groups is 1. The third kappa shape index (κ3) is 5.86. The van der Waals surface area contributed by atoms with Crippen LogP contribution in [0.4, 0.5) is 0 Å². The van der Waals surface area contributed by atoms with Gasteiger partial charge in [-0.25, -0.2) is 0 Å². The average molecular weight is 162 g/mol. The summed E-state index contributed by atoms with van der Waals surface area (Å²) in [6.07, 6.45) is 2.85. The SMILES string of the molecule is C=CCCSC(=S)OC. The van der Waals surface area contributed by atoms with Gasteiger partial charge in [0.1, 0.15) is 0 Å². The van der Waals surface area contributed by atoms with E-state index in [-0.39, 0.29) is 0 Å². The number of thioether (sulfide) groups is 1. The fourth-order valence-electron chi connectivity index (χ4n) is 0.285. The molecule has 0 spiro atoms. The second kappa shape index (κ2) is 6.11. The van der Waals surface area contributed by atoms with E-state index in [1.165, 1.54) is 11.8 Å². The van der Waals surface area contributed by atoms with Crippen LogP contribution in [0.25, 0.3) is 0 Å². The first-order valence-corrected chi connectivity index (χ1v) is 4.02. The van der Waals surface area contributed by atoms with Crippen molar-refractivity contribution in [3.8, 4) is 0 Å². The molecule has 0 aromatic rings. The zero-order chi connectivity index (χ0) is 7.11. The molecule has 0 heterocycles. The highest BCUT2D eigenvalue weighted by atomic mass is 32.2. The molecule has 9 heavy (non-hydrogen) atoms. The summed E-state index contributed by atoms with van der Waals surface area (Å²) in [6, 6.07) is 0. The molecular weight excluding hydrogens is 152 g/mol. The van der Waals surface area contributed by atoms with Gasteiger partial charge in [-0.05, 0) is 18.6 Å². The Morgan fingerprint density at radius 1 is 1.89 bits per heavy atom. The number of hydrogen-bond acceptors (Lipinski definition) is 3. The van der Waals surface area contributed by atoms with Crippen molar-refractivity contribution in [3.05, 3.63) is 12.7 Å². The van der Waals surface area contributed by atoms with E-state index in [9.17, 15) is 0 Å². The molecule has 0 rings (SSSR count). The molecule has 0 fully saturated rings. The minimum absolute atomic E-state index is 0.608. The second-order valence-corrected chi connectivity index (χ2v) is 3.08. The number of methoxy groups -OCH3 is 1. The van der Waals surface area contributed by atoms with E-state index in [0.717, 1.165) is 12.2 Å². The minimum Gasteiger partial charge on any atom is -0.482 e. The highest BCUT2D eigenvalue weighted by Gasteiger charge is 1.91. The Hall–Kier alpha value is -0.0200. The molecule has 0 aromatic carbocycles. The lowest BCUT2D eigenvalue weighted by Gasteiger charge is -1.97. The summed E-state index contributed by atoms with van der Waals surface area (Å²) in [5.74, 6) is 0.968. The van der Waals surface area contributed by atoms with Gasteiger partial charge in [0.2, 0.25) is 4.38 Å². The monoisotopic (exact) mass is 162 g/mol. The Bertz CT molecular complexity index is 101. The predicted octanol–water partition coefficient (Wildman–Crippen LogP) is 2.23. The summed E-state index contributed by atoms with van der Waals surface area (Å²) < 4.78 is 5.37. The summed E-state index contributed by atoms with van der Waals surface area (Å²) in [5.41, 5.74) is 0. The van der Waals surface area contributed by atoms with Gasteiger partial charge in [0.15, 0.2) is 0 Å². The van der Waals surface area contributed by atoms with Crippen LogP contribution in [0.2, 0.25) is 0 Å². The zero-order valence-corrected chi connectivity index (χ0v) is 7.06. The highest BCUT2D eigenvalue weighted by molar-refractivity contribution is 8.22. The van der Waals surface area contributed by atoms with Crippen molar-refractivity contribution in [2.45, 2.75) is 6.42 Å². The summed E-state index contributed by atoms with van der Waals surface area (Å²) >= 11 is 6.31. The van der Waals surface area contributed by atoms with Crippen LogP contribution < -0.4 is 0 Å². The van der Waals surface area contributed by atoms with Gasteiger partial charge in [0, 0.05) is 5.75 Å². The van der Waals surface area contributed by atoms with Crippen molar-refractivity contribution < 1.29 is 4.74 Å². The average Bonchev–Trinajstić information content (AvgIpc) is 1.89. The van der Waals surface area contributed by atoms with Crippen molar-refractivity contribution in [1.82, 2.24) is 0 Å². The molecule has 3 heteroatoms. The van der Waals surface area contributed by atoms with E-state index in [1.807, 2.05) is 6.08 Å². The van der Waals surface area contributed by atoms with E-state index in [1.54, 1.807) is 7.11 Å². The van der Waals surface area contributed by atoms with Crippen molar-refractivity contribution in [1.29, 1.82) is 0 Å². The maximum atomic E-state index is 4.78. The highest BCUT2D eigenvalue weighted by Crippen LogP contribution is 2.05. The third-order valence-electron chi connectivity index (χ3n) is 0.709. The van der Waals surface area contributed by atoms with Crippen LogP contribution in [-0.4, -0.2) is 17.2 Å². The molecule has 0 N–H and O–H groups in total. The van der Waals surface area contributed by atoms with Gasteiger partial charge in [-0.15, -0.1) is 6.58 Å². The number of hydrogen-bond donors (Lipinski definition) is 0. The minimum atomic E-state index is 0.608. The topological polar surface area (TPSA) is 9.23 Å². The third-order valence-corrected chi connectivity index (χ3v) is 2.07. The van der Waals surface area contributed by atoms with Crippen molar-refractivity contribution in [3.63, 3.8) is 0 Å². The van der Waals surface area contributed by atoms with Gasteiger partial charge in [0.25, 0.3) is 0 Å². The predicted molar refractivity (Wildman–Crippen MR) is 46.9 cm³/mol. The smallest absolute Gasteiger partial charge is 0.219 e. The maximum Gasteiger partial charge on any atom is 0.219 e. The van der Waals surface area contributed by atoms with Crippen LogP contribution in [0.1, 0.15) is 6.42 Å². The van der Waals surface area contributed by atoms with Gasteiger partial charge in [-0.3, -0.25) is 0 Å². The van der Waals surface area contributed by atoms with Crippen LogP contribution in [0.5, 0.6) is 0 Å². The van der Waals surface area contributed by atoms with E-state index in [2.05, 4.69) is 6.58 Å². The quantitative estimate of drug-likeness (QED) is 0.358. The van der Waals surface area contributed by atoms with Crippen molar-refractivity contribution in [2.24, 2.45) is 0 Å². The normalized spacial score (nSPS) is 8.56. The molecule has 0 unspecified atom stereocenters. The van der Waals surface area contributed by atoms with E-state index in [4.69, 9.17) is 17.0 Å². The molecule has 0 saturated heterocycles. The Morgan fingerprint density at radius 2 is 2.56 bits per heavy atom. The van der Waals surface area contributed by atoms with E-state index in [0.29, 0.717) is 4.38 Å². The molecule has 0 aromatic heterocycles. The lowest BCUT2D eigenvalue weighted by atomic mass is 10.5. The molecular formula is C6H10OS2. The molecule has 52 valence electrons. The first-order valence-electron chi connectivity index (χ1n) is 2.63. The van der Waals surface area contributed by atoms with Gasteiger partial charge < -0.3 is 4.74 Å². The molecule has 0 radical (unpaired) electrons. The van der Waals surface area contributed by atoms with Gasteiger partial charge in [0.05, 0.1) is 7.11 Å². The first-order chi connectivity index (χ1) is 4.31. The van der Waals surface area contributed by atoms with E-state index >= 15 is 0 Å². The van der Waals surface area contributed by atoms with E-state index < -0.39 is 0 Å². The molecule has 0 amide bonds. The van der Waals surface area contributed by atoms with Crippen LogP contribution in [0, 0.1) is 0 Å². The zero-order valence-electron chi connectivity index (χ0n) is 5.42. The number of allylic oxidation sites excluding steroid dienone is 1. The van der Waals surface area contributed by atoms with Crippen molar-refractivity contribution in [2.75, 3.05) is 12.9 Å². The number of ether oxygens (including phenoxy) is 1. The Labute approximate surface area is 65.5 Å². The molecule has 0 aliphatic carbocycles. The maximum absolute atomic E-state index is 4.78. The van der Waals surface area contributed by atoms with Crippen LogP contribution in [-0.2, 0) is 4.74 Å². The summed E-state index contributed by atoms with van der Waals surface area (Å²) in [5, 5.41) is 0. The standard InChI is InChI=1S/C6H10OS2/c1-3-4-5-9-6(8)7-2/h3H,1,4-5H2,2H3. The fourth-order valence-corrected chi connectivity index (χ4v) is 1.10. The molecule has 0 bridgehead atoms. The van der Waals surface area contributed by atoms with Crippen LogP contribution in [0.3, 0.4) is 0 Å². The summed E-state index contributed by atoms with van der Waals surface area (Å²) in [7, 11) is 1.59. The molecule has 0 atom stereocenters. The van der Waals surface area contributed by atoms with Crippen LogP contribution >= 0.6 is 24.0 Å². The van der Waals surface area contributed by atoms with Gasteiger partial charge in [-0.2, -0.15) is 0 Å². The largest absolute Gasteiger partial charge is 0.482 e. The number of rotatable bonds is 3. The van der Waals surface area contributed by atoms with Gasteiger partial charge in [-0.1, -0.05) is 17.8 Å². The molecule has 0 aliphatic rings. The Morgan fingerprint density at radius 3 is 3.00 bits per heavy atom. The molecule has 1 nitrogen and oxygen atoms in total. The van der Waals surface area contributed by atoms with Crippen LogP contribution in [0.15, 0.2) is 12.7 Å². The molecule has 0 saturated carbocycles. The second-order valence-electron chi connectivity index (χ2n) is 1.38. The Balaban J connectivity index is 3.06. The van der Waals surface area contributed by atoms with Gasteiger partial charge >= 0.3 is 0 Å². The summed E-state index contributed by atoms with van der Waals surface area (Å²) in [6.45, 7) is 3.59. The fraction of sp³-hybridized carbons (Fsp3) is 0.500. The summed E-state index contributed by atoms with van der Waals surface area (Å²) in [4.78, 5) is 0. The molecule has 0 aliphatic heterocycles. The Kier molecular flexibility index (Phi) is 6.09. The van der Waals surface area contributed by atoms with Crippen molar-refractivity contribution >= 4 is 28.4 Å². The first kappa shape index (κ1) is 8.98. The lowest BCUT2D eigenvalue weighted by Crippen LogP contribution is -1.90. The lowest BCUT2D eigenvalue weighted by molar-refractivity contribution is 0.426.